The molecule has 22 heavy (non-hydrogen) atoms. The predicted molar refractivity (Wildman–Crippen MR) is 93.2 cm³/mol. The molecule has 3 rings (SSSR count). The smallest absolute Gasteiger partial charge is 0.230 e. The zero-order valence-electron chi connectivity index (χ0n) is 13.1. The van der Waals surface area contributed by atoms with Gasteiger partial charge in [-0.15, -0.1) is 22.7 Å². The second-order valence-electron chi connectivity index (χ2n) is 6.16. The van der Waals surface area contributed by atoms with E-state index in [1.54, 1.807) is 22.7 Å². The van der Waals surface area contributed by atoms with Crippen LogP contribution < -0.4 is 4.74 Å². The zero-order chi connectivity index (χ0) is 15.7. The first-order chi connectivity index (χ1) is 10.4. The minimum absolute atomic E-state index is 0.148. The number of aromatic nitrogens is 2. The van der Waals surface area contributed by atoms with Crippen molar-refractivity contribution in [1.82, 2.24) is 9.97 Å². The minimum atomic E-state index is 0.148. The first-order valence-electron chi connectivity index (χ1n) is 7.08. The Morgan fingerprint density at radius 2 is 1.55 bits per heavy atom. The van der Waals surface area contributed by atoms with Crippen molar-refractivity contribution in [3.8, 4) is 21.6 Å². The van der Waals surface area contributed by atoms with Crippen LogP contribution in [0.3, 0.4) is 0 Å². The van der Waals surface area contributed by atoms with Crippen LogP contribution in [0.5, 0.6) is 11.6 Å². The van der Waals surface area contributed by atoms with Crippen LogP contribution in [0, 0.1) is 6.92 Å². The van der Waals surface area contributed by atoms with Gasteiger partial charge in [-0.05, 0) is 30.0 Å². The van der Waals surface area contributed by atoms with E-state index in [4.69, 9.17) is 4.74 Å². The molecule has 3 aromatic rings. The quantitative estimate of drug-likeness (QED) is 0.621. The molecule has 0 bridgehead atoms. The summed E-state index contributed by atoms with van der Waals surface area (Å²) in [4.78, 5) is 8.96. The topological polar surface area (TPSA) is 35.0 Å². The van der Waals surface area contributed by atoms with E-state index in [0.717, 1.165) is 21.5 Å². The highest BCUT2D eigenvalue weighted by molar-refractivity contribution is 7.19. The van der Waals surface area contributed by atoms with Crippen molar-refractivity contribution >= 4 is 22.7 Å². The van der Waals surface area contributed by atoms with E-state index < -0.39 is 0 Å². The van der Waals surface area contributed by atoms with E-state index in [0.29, 0.717) is 5.88 Å². The molecule has 0 radical (unpaired) electrons. The molecule has 114 valence electrons. The Kier molecular flexibility index (Phi) is 4.02. The molecule has 2 aromatic heterocycles. The van der Waals surface area contributed by atoms with Crippen molar-refractivity contribution in [2.45, 2.75) is 33.1 Å². The first kappa shape index (κ1) is 15.2. The molecule has 0 N–H and O–H groups in total. The molecule has 0 aliphatic heterocycles. The summed E-state index contributed by atoms with van der Waals surface area (Å²) in [5.74, 6) is 1.43. The van der Waals surface area contributed by atoms with E-state index in [9.17, 15) is 0 Å². The second-order valence-corrected chi connectivity index (χ2v) is 7.88. The molecule has 2 heterocycles. The van der Waals surface area contributed by atoms with Crippen LogP contribution in [0.25, 0.3) is 10.0 Å². The summed E-state index contributed by atoms with van der Waals surface area (Å²) in [5, 5.41) is 5.80. The number of benzene rings is 1. The van der Waals surface area contributed by atoms with Gasteiger partial charge in [0.2, 0.25) is 5.88 Å². The van der Waals surface area contributed by atoms with Crippen LogP contribution in [0.4, 0.5) is 0 Å². The molecule has 0 saturated heterocycles. The third-order valence-electron chi connectivity index (χ3n) is 3.23. The number of thiazole rings is 2. The van der Waals surface area contributed by atoms with Crippen molar-refractivity contribution in [2.24, 2.45) is 0 Å². The van der Waals surface area contributed by atoms with Crippen LogP contribution in [-0.2, 0) is 5.41 Å². The fourth-order valence-electron chi connectivity index (χ4n) is 2.00. The molecule has 0 atom stereocenters. The highest BCUT2D eigenvalue weighted by Crippen LogP contribution is 2.32. The van der Waals surface area contributed by atoms with E-state index >= 15 is 0 Å². The minimum Gasteiger partial charge on any atom is -0.438 e. The van der Waals surface area contributed by atoms with Crippen LogP contribution >= 0.6 is 22.7 Å². The molecule has 0 spiro atoms. The average molecular weight is 330 g/mol. The Labute approximate surface area is 138 Å². The summed E-state index contributed by atoms with van der Waals surface area (Å²) in [5.41, 5.74) is 2.46. The van der Waals surface area contributed by atoms with Gasteiger partial charge in [0.1, 0.15) is 5.75 Å². The lowest BCUT2D eigenvalue weighted by molar-refractivity contribution is 0.466. The molecule has 0 amide bonds. The molecule has 0 unspecified atom stereocenters. The molecule has 1 aromatic carbocycles. The second kappa shape index (κ2) is 5.82. The maximum absolute atomic E-state index is 5.83. The number of ether oxygens (including phenoxy) is 1. The fraction of sp³-hybridized carbons (Fsp3) is 0.294. The lowest BCUT2D eigenvalue weighted by Crippen LogP contribution is -2.10. The summed E-state index contributed by atoms with van der Waals surface area (Å²) in [7, 11) is 0. The van der Waals surface area contributed by atoms with Crippen LogP contribution in [0.15, 0.2) is 35.0 Å². The highest BCUT2D eigenvalue weighted by Gasteiger charge is 2.14. The highest BCUT2D eigenvalue weighted by atomic mass is 32.1. The monoisotopic (exact) mass is 330 g/mol. The Morgan fingerprint density at radius 3 is 2.14 bits per heavy atom. The maximum atomic E-state index is 5.83. The van der Waals surface area contributed by atoms with Crippen molar-refractivity contribution < 1.29 is 4.74 Å². The lowest BCUT2D eigenvalue weighted by atomic mass is 9.87. The van der Waals surface area contributed by atoms with Crippen molar-refractivity contribution in [3.63, 3.8) is 0 Å². The number of hydrogen-bond donors (Lipinski definition) is 0. The van der Waals surface area contributed by atoms with Gasteiger partial charge in [-0.2, -0.15) is 4.98 Å². The number of nitrogens with zero attached hydrogens (tertiary/aromatic N) is 2. The molecule has 0 fully saturated rings. The van der Waals surface area contributed by atoms with Crippen molar-refractivity contribution in [1.29, 1.82) is 0 Å². The summed E-state index contributed by atoms with van der Waals surface area (Å²) in [6.07, 6.45) is 0. The van der Waals surface area contributed by atoms with Gasteiger partial charge in [-0.1, -0.05) is 32.9 Å². The molecule has 5 heteroatoms. The van der Waals surface area contributed by atoms with Gasteiger partial charge in [0, 0.05) is 11.1 Å². The van der Waals surface area contributed by atoms with Crippen molar-refractivity contribution in [2.75, 3.05) is 0 Å². The SMILES string of the molecule is Cc1csc(-c2nc(Oc3ccc(C(C)(C)C)cc3)cs2)n1. The maximum Gasteiger partial charge on any atom is 0.230 e. The number of rotatable bonds is 3. The summed E-state index contributed by atoms with van der Waals surface area (Å²) < 4.78 is 5.83. The molecule has 0 saturated carbocycles. The van der Waals surface area contributed by atoms with Crippen LogP contribution in [0.2, 0.25) is 0 Å². The third kappa shape index (κ3) is 3.36. The van der Waals surface area contributed by atoms with E-state index in [2.05, 4.69) is 42.9 Å². The van der Waals surface area contributed by atoms with Crippen LogP contribution in [-0.4, -0.2) is 9.97 Å². The third-order valence-corrected chi connectivity index (χ3v) is 5.15. The van der Waals surface area contributed by atoms with Gasteiger partial charge < -0.3 is 4.74 Å². The van der Waals surface area contributed by atoms with Gasteiger partial charge in [0.05, 0.1) is 5.38 Å². The van der Waals surface area contributed by atoms with Gasteiger partial charge >= 0.3 is 0 Å². The summed E-state index contributed by atoms with van der Waals surface area (Å²) in [6.45, 7) is 8.59. The van der Waals surface area contributed by atoms with Gasteiger partial charge in [-0.3, -0.25) is 0 Å². The Balaban J connectivity index is 1.75. The van der Waals surface area contributed by atoms with Gasteiger partial charge in [0.25, 0.3) is 0 Å². The molecular weight excluding hydrogens is 312 g/mol. The molecular formula is C17H18N2OS2. The number of aryl methyl sites for hydroxylation is 1. The number of hydrogen-bond acceptors (Lipinski definition) is 5. The predicted octanol–water partition coefficient (Wildman–Crippen LogP) is 5.66. The van der Waals surface area contributed by atoms with E-state index in [1.165, 1.54) is 5.56 Å². The standard InChI is InChI=1S/C17H18N2OS2/c1-11-9-21-15(18-11)16-19-14(10-22-16)20-13-7-5-12(6-8-13)17(2,3)4/h5-10H,1-4H3. The van der Waals surface area contributed by atoms with Crippen molar-refractivity contribution in [3.05, 3.63) is 46.3 Å². The van der Waals surface area contributed by atoms with E-state index in [-0.39, 0.29) is 5.41 Å². The molecule has 0 aliphatic rings. The zero-order valence-corrected chi connectivity index (χ0v) is 14.7. The normalized spacial score (nSPS) is 11.6. The summed E-state index contributed by atoms with van der Waals surface area (Å²) >= 11 is 3.16. The van der Waals surface area contributed by atoms with Gasteiger partial charge in [0.15, 0.2) is 10.0 Å². The molecule has 3 nitrogen and oxygen atoms in total. The fourth-order valence-corrected chi connectivity index (χ4v) is 3.57. The largest absolute Gasteiger partial charge is 0.438 e. The lowest BCUT2D eigenvalue weighted by Gasteiger charge is -2.18. The van der Waals surface area contributed by atoms with Crippen LogP contribution in [0.1, 0.15) is 32.0 Å². The summed E-state index contributed by atoms with van der Waals surface area (Å²) in [6, 6.07) is 8.19. The Hall–Kier alpha value is -1.72. The Morgan fingerprint density at radius 1 is 0.909 bits per heavy atom. The van der Waals surface area contributed by atoms with E-state index in [1.807, 2.05) is 29.8 Å². The first-order valence-corrected chi connectivity index (χ1v) is 8.84. The molecule has 0 aliphatic carbocycles. The Bertz CT molecular complexity index is 767. The average Bonchev–Trinajstić information content (AvgIpc) is 3.07. The van der Waals surface area contributed by atoms with Gasteiger partial charge in [-0.25, -0.2) is 4.98 Å².